The fourth-order valence-corrected chi connectivity index (χ4v) is 1.43. The van der Waals surface area contributed by atoms with Crippen molar-refractivity contribution in [1.82, 2.24) is 16.0 Å². The van der Waals surface area contributed by atoms with Crippen LogP contribution < -0.4 is 16.0 Å². The van der Waals surface area contributed by atoms with Gasteiger partial charge in [0.2, 0.25) is 0 Å². The minimum Gasteiger partial charge on any atom is -0.315 e. The van der Waals surface area contributed by atoms with Crippen LogP contribution in [0.3, 0.4) is 0 Å². The molecule has 0 spiro atoms. The predicted octanol–water partition coefficient (Wildman–Crippen LogP) is 0.686. The number of likely N-dealkylation sites (N-methyl/N-ethyl adjacent to an activating group) is 2. The predicted molar refractivity (Wildman–Crippen MR) is 62.8 cm³/mol. The Bertz CT molecular complexity index is 181. The molecule has 2 atom stereocenters. The van der Waals surface area contributed by atoms with Crippen molar-refractivity contribution < 1.29 is 8.78 Å². The van der Waals surface area contributed by atoms with E-state index in [-0.39, 0.29) is 18.8 Å². The van der Waals surface area contributed by atoms with Crippen LogP contribution in [-0.4, -0.2) is 44.0 Å². The Morgan fingerprint density at radius 1 is 1.20 bits per heavy atom. The summed E-state index contributed by atoms with van der Waals surface area (Å²) in [5.74, 6) is -3.29. The number of nitrogens with one attached hydrogen (secondary N) is 3. The van der Waals surface area contributed by atoms with Gasteiger partial charge in [-0.05, 0) is 20.5 Å². The maximum Gasteiger partial charge on any atom is 0.183 e. The zero-order valence-electron chi connectivity index (χ0n) is 9.53. The van der Waals surface area contributed by atoms with E-state index in [0.29, 0.717) is 6.54 Å². The molecule has 0 fully saturated rings. The maximum atomic E-state index is 13.8. The van der Waals surface area contributed by atoms with Crippen molar-refractivity contribution in [3.8, 4) is 0 Å². The topological polar surface area (TPSA) is 36.1 Å². The number of hydrogen-bond donors (Lipinski definition) is 4. The molecule has 3 N–H and O–H groups in total. The molecule has 6 heteroatoms. The first-order chi connectivity index (χ1) is 6.89. The fraction of sp³-hybridized carbons (Fsp3) is 1.00. The quantitative estimate of drug-likeness (QED) is 0.373. The van der Waals surface area contributed by atoms with E-state index < -0.39 is 11.6 Å². The second-order valence-corrected chi connectivity index (χ2v) is 4.05. The molecule has 92 valence electrons. The van der Waals surface area contributed by atoms with Gasteiger partial charge in [0.05, 0.1) is 0 Å². The van der Waals surface area contributed by atoms with Gasteiger partial charge in [0.1, 0.15) is 0 Å². The Balaban J connectivity index is 4.09. The third-order valence-corrected chi connectivity index (χ3v) is 2.49. The summed E-state index contributed by atoms with van der Waals surface area (Å²) in [6.07, 6.45) is 0. The average molecular weight is 241 g/mol. The van der Waals surface area contributed by atoms with Crippen LogP contribution in [0, 0.1) is 0 Å². The van der Waals surface area contributed by atoms with Crippen LogP contribution >= 0.6 is 12.6 Å². The van der Waals surface area contributed by atoms with Crippen LogP contribution in [0.5, 0.6) is 0 Å². The Kier molecular flexibility index (Phi) is 6.66. The highest BCUT2D eigenvalue weighted by Crippen LogP contribution is 2.11. The van der Waals surface area contributed by atoms with Crippen molar-refractivity contribution in [3.63, 3.8) is 0 Å². The molecule has 15 heavy (non-hydrogen) atoms. The number of hydrogen-bond acceptors (Lipinski definition) is 4. The van der Waals surface area contributed by atoms with Gasteiger partial charge in [0.15, 0.2) is 11.6 Å². The lowest BCUT2D eigenvalue weighted by Crippen LogP contribution is -2.56. The van der Waals surface area contributed by atoms with Gasteiger partial charge in [-0.3, -0.25) is 10.6 Å². The largest absolute Gasteiger partial charge is 0.315 e. The van der Waals surface area contributed by atoms with E-state index >= 15 is 0 Å². The molecule has 0 radical (unpaired) electrons. The normalized spacial score (nSPS) is 19.6. The molecule has 0 aliphatic heterocycles. The van der Waals surface area contributed by atoms with Gasteiger partial charge in [-0.1, -0.05) is 6.92 Å². The van der Waals surface area contributed by atoms with Gasteiger partial charge in [-0.2, -0.15) is 12.6 Å². The Hall–Kier alpha value is 0.0900. The van der Waals surface area contributed by atoms with E-state index in [2.05, 4.69) is 28.6 Å². The zero-order chi connectivity index (χ0) is 11.9. The molecule has 0 aromatic rings. The molecule has 0 rings (SSSR count). The summed E-state index contributed by atoms with van der Waals surface area (Å²) in [7, 11) is 1.64. The molecule has 0 aromatic carbocycles. The van der Waals surface area contributed by atoms with E-state index in [1.54, 1.807) is 14.0 Å². The molecule has 0 aliphatic rings. The van der Waals surface area contributed by atoms with Crippen LogP contribution in [0.2, 0.25) is 0 Å². The number of halogens is 2. The summed E-state index contributed by atoms with van der Waals surface area (Å²) in [5, 5.41) is 7.85. The summed E-state index contributed by atoms with van der Waals surface area (Å²) in [4.78, 5) is 0. The lowest BCUT2D eigenvalue weighted by atomic mass is 10.2. The van der Waals surface area contributed by atoms with E-state index in [0.717, 1.165) is 0 Å². The lowest BCUT2D eigenvalue weighted by molar-refractivity contribution is 0.0799. The first kappa shape index (κ1) is 15.1. The van der Waals surface area contributed by atoms with Gasteiger partial charge in [-0.15, -0.1) is 0 Å². The SMILES string of the molecule is CCN[C@@](C)(F)CN[C@@](F)(CS)CNC. The molecule has 0 aromatic heterocycles. The van der Waals surface area contributed by atoms with E-state index in [9.17, 15) is 8.78 Å². The summed E-state index contributed by atoms with van der Waals surface area (Å²) in [5.41, 5.74) is 0. The second kappa shape index (κ2) is 6.62. The first-order valence-electron chi connectivity index (χ1n) is 5.02. The van der Waals surface area contributed by atoms with Crippen LogP contribution in [0.15, 0.2) is 0 Å². The maximum absolute atomic E-state index is 13.8. The Morgan fingerprint density at radius 3 is 2.20 bits per heavy atom. The molecule has 0 unspecified atom stereocenters. The zero-order valence-corrected chi connectivity index (χ0v) is 10.4. The minimum atomic E-state index is -1.68. The number of alkyl halides is 2. The van der Waals surface area contributed by atoms with Gasteiger partial charge in [0.25, 0.3) is 0 Å². The lowest BCUT2D eigenvalue weighted by Gasteiger charge is -2.29. The monoisotopic (exact) mass is 241 g/mol. The highest BCUT2D eigenvalue weighted by atomic mass is 32.1. The summed E-state index contributed by atoms with van der Waals surface area (Å²) in [6.45, 7) is 3.67. The van der Waals surface area contributed by atoms with Crippen molar-refractivity contribution in [2.24, 2.45) is 0 Å². The van der Waals surface area contributed by atoms with E-state index in [1.165, 1.54) is 6.92 Å². The van der Waals surface area contributed by atoms with E-state index in [4.69, 9.17) is 0 Å². The number of thiol groups is 1. The fourth-order valence-electron chi connectivity index (χ4n) is 1.21. The standard InChI is InChI=1S/C9H21F2N3S/c1-4-13-8(2,10)5-14-9(11,7-15)6-12-3/h12-15H,4-7H2,1-3H3/t8-,9-/m1/s1. The second-order valence-electron chi connectivity index (χ2n) is 3.74. The van der Waals surface area contributed by atoms with Crippen LogP contribution in [-0.2, 0) is 0 Å². The Labute approximate surface area is 95.8 Å². The molecule has 0 saturated heterocycles. The van der Waals surface area contributed by atoms with Gasteiger partial charge >= 0.3 is 0 Å². The average Bonchev–Trinajstić information content (AvgIpc) is 2.16. The third kappa shape index (κ3) is 6.29. The van der Waals surface area contributed by atoms with Crippen molar-refractivity contribution in [2.45, 2.75) is 25.4 Å². The summed E-state index contributed by atoms with van der Waals surface area (Å²) in [6, 6.07) is 0. The smallest absolute Gasteiger partial charge is 0.183 e. The van der Waals surface area contributed by atoms with Gasteiger partial charge in [-0.25, -0.2) is 8.78 Å². The molecule has 3 nitrogen and oxygen atoms in total. The highest BCUT2D eigenvalue weighted by molar-refractivity contribution is 7.80. The van der Waals surface area contributed by atoms with Gasteiger partial charge < -0.3 is 5.32 Å². The van der Waals surface area contributed by atoms with Crippen molar-refractivity contribution >= 4 is 12.6 Å². The molecular formula is C9H21F2N3S. The molecule has 0 amide bonds. The molecular weight excluding hydrogens is 220 g/mol. The van der Waals surface area contributed by atoms with Crippen LogP contribution in [0.25, 0.3) is 0 Å². The summed E-state index contributed by atoms with van der Waals surface area (Å²) >= 11 is 3.90. The van der Waals surface area contributed by atoms with E-state index in [1.807, 2.05) is 0 Å². The van der Waals surface area contributed by atoms with Crippen LogP contribution in [0.1, 0.15) is 13.8 Å². The molecule has 0 saturated carbocycles. The van der Waals surface area contributed by atoms with Crippen molar-refractivity contribution in [2.75, 3.05) is 32.4 Å². The molecule has 0 heterocycles. The number of rotatable bonds is 8. The first-order valence-corrected chi connectivity index (χ1v) is 5.66. The van der Waals surface area contributed by atoms with Crippen molar-refractivity contribution in [3.05, 3.63) is 0 Å². The highest BCUT2D eigenvalue weighted by Gasteiger charge is 2.31. The van der Waals surface area contributed by atoms with Gasteiger partial charge in [0, 0.05) is 18.8 Å². The van der Waals surface area contributed by atoms with Crippen molar-refractivity contribution in [1.29, 1.82) is 0 Å². The molecule has 0 bridgehead atoms. The minimum absolute atomic E-state index is 0.00392. The third-order valence-electron chi connectivity index (χ3n) is 1.99. The summed E-state index contributed by atoms with van der Waals surface area (Å²) < 4.78 is 27.5. The van der Waals surface area contributed by atoms with Crippen LogP contribution in [0.4, 0.5) is 8.78 Å². The molecule has 0 aliphatic carbocycles. The Morgan fingerprint density at radius 2 is 1.80 bits per heavy atom.